The summed E-state index contributed by atoms with van der Waals surface area (Å²) in [6.07, 6.45) is 4.40. The molecule has 4 N–H and O–H groups in total. The van der Waals surface area contributed by atoms with E-state index in [0.29, 0.717) is 17.6 Å². The predicted molar refractivity (Wildman–Crippen MR) is 143 cm³/mol. The smallest absolute Gasteiger partial charge is 0.235 e. The van der Waals surface area contributed by atoms with E-state index in [1.165, 1.54) is 0 Å². The SMILES string of the molecule is CNC(C)C=C(C)C12CC(=O)C(C(N)=O)C(=O)C1C(=O)C1C(=O)c3c(O)cc(C4CCCN4C)cc3CC1C2. The molecule has 7 atom stereocenters. The lowest BCUT2D eigenvalue weighted by atomic mass is 9.47. The molecule has 0 aromatic heterocycles. The van der Waals surface area contributed by atoms with Crippen molar-refractivity contribution >= 4 is 29.0 Å². The first-order chi connectivity index (χ1) is 18.4. The lowest BCUT2D eigenvalue weighted by Gasteiger charge is -2.52. The number of likely N-dealkylation sites (tertiary alicyclic amines) is 1. The maximum absolute atomic E-state index is 14.2. The monoisotopic (exact) mass is 535 g/mol. The fourth-order valence-electron chi connectivity index (χ4n) is 7.81. The van der Waals surface area contributed by atoms with Crippen molar-refractivity contribution in [3.05, 3.63) is 40.5 Å². The van der Waals surface area contributed by atoms with Crippen molar-refractivity contribution in [2.24, 2.45) is 34.8 Å². The third-order valence-electron chi connectivity index (χ3n) is 9.79. The molecule has 1 aliphatic heterocycles. The van der Waals surface area contributed by atoms with Crippen molar-refractivity contribution < 1.29 is 29.1 Å². The second kappa shape index (κ2) is 9.78. The number of nitrogens with one attached hydrogen (secondary N) is 1. The number of primary amides is 1. The number of phenols is 1. The van der Waals surface area contributed by atoms with Crippen molar-refractivity contribution in [2.45, 2.75) is 58.0 Å². The van der Waals surface area contributed by atoms with Crippen molar-refractivity contribution in [1.29, 1.82) is 0 Å². The number of benzene rings is 1. The van der Waals surface area contributed by atoms with Crippen molar-refractivity contribution in [1.82, 2.24) is 10.2 Å². The zero-order valence-electron chi connectivity index (χ0n) is 23.0. The number of nitrogens with two attached hydrogens (primary N) is 1. The van der Waals surface area contributed by atoms with Gasteiger partial charge in [-0.25, -0.2) is 0 Å². The molecule has 39 heavy (non-hydrogen) atoms. The molecule has 9 nitrogen and oxygen atoms in total. The fraction of sp³-hybridized carbons (Fsp3) is 0.567. The molecule has 1 saturated heterocycles. The molecule has 1 aromatic carbocycles. The van der Waals surface area contributed by atoms with E-state index in [0.717, 1.165) is 24.9 Å². The van der Waals surface area contributed by atoms with Gasteiger partial charge in [0.2, 0.25) is 5.91 Å². The van der Waals surface area contributed by atoms with Gasteiger partial charge in [-0.1, -0.05) is 17.7 Å². The van der Waals surface area contributed by atoms with Crippen LogP contribution in [-0.4, -0.2) is 65.7 Å². The number of ketones is 4. The van der Waals surface area contributed by atoms with Gasteiger partial charge in [-0.3, -0.25) is 28.9 Å². The first-order valence-electron chi connectivity index (χ1n) is 13.8. The third-order valence-corrected chi connectivity index (χ3v) is 9.79. The van der Waals surface area contributed by atoms with Gasteiger partial charge < -0.3 is 16.2 Å². The molecule has 9 heteroatoms. The Kier molecular flexibility index (Phi) is 6.87. The Balaban J connectivity index is 1.62. The molecule has 5 rings (SSSR count). The summed E-state index contributed by atoms with van der Waals surface area (Å²) in [5.41, 5.74) is 6.80. The first-order valence-corrected chi connectivity index (χ1v) is 13.8. The van der Waals surface area contributed by atoms with Crippen LogP contribution in [0.3, 0.4) is 0 Å². The van der Waals surface area contributed by atoms with Gasteiger partial charge >= 0.3 is 0 Å². The molecule has 3 aliphatic carbocycles. The van der Waals surface area contributed by atoms with Gasteiger partial charge in [-0.15, -0.1) is 0 Å². The molecule has 1 amide bonds. The zero-order valence-corrected chi connectivity index (χ0v) is 23.0. The summed E-state index contributed by atoms with van der Waals surface area (Å²) in [4.78, 5) is 69.2. The maximum Gasteiger partial charge on any atom is 0.235 e. The number of allylic oxidation sites excluding steroid dienone is 1. The Labute approximate surface area is 228 Å². The van der Waals surface area contributed by atoms with E-state index in [1.807, 2.05) is 33.0 Å². The van der Waals surface area contributed by atoms with Crippen molar-refractivity contribution in [2.75, 3.05) is 20.6 Å². The molecular weight excluding hydrogens is 498 g/mol. The quantitative estimate of drug-likeness (QED) is 0.383. The highest BCUT2D eigenvalue weighted by Crippen LogP contribution is 2.58. The molecule has 208 valence electrons. The van der Waals surface area contributed by atoms with Crippen LogP contribution >= 0.6 is 0 Å². The zero-order chi connectivity index (χ0) is 28.4. The molecule has 1 heterocycles. The van der Waals surface area contributed by atoms with Gasteiger partial charge in [0.25, 0.3) is 0 Å². The number of fused-ring (bicyclic) bond motifs is 3. The number of aromatic hydroxyl groups is 1. The average Bonchev–Trinajstić information content (AvgIpc) is 3.28. The van der Waals surface area contributed by atoms with Gasteiger partial charge in [0, 0.05) is 23.9 Å². The minimum absolute atomic E-state index is 0.0939. The minimum Gasteiger partial charge on any atom is -0.507 e. The van der Waals surface area contributed by atoms with Crippen LogP contribution in [0.4, 0.5) is 0 Å². The highest BCUT2D eigenvalue weighted by Gasteiger charge is 2.64. The van der Waals surface area contributed by atoms with E-state index in [1.54, 1.807) is 13.1 Å². The maximum atomic E-state index is 14.2. The van der Waals surface area contributed by atoms with Gasteiger partial charge in [-0.05, 0) is 83.3 Å². The van der Waals surface area contributed by atoms with Crippen LogP contribution in [0.15, 0.2) is 23.8 Å². The second-order valence-electron chi connectivity index (χ2n) is 12.0. The first kappa shape index (κ1) is 27.4. The van der Waals surface area contributed by atoms with Gasteiger partial charge in [0.1, 0.15) is 5.75 Å². The Morgan fingerprint density at radius 2 is 1.95 bits per heavy atom. The van der Waals surface area contributed by atoms with E-state index in [9.17, 15) is 29.1 Å². The summed E-state index contributed by atoms with van der Waals surface area (Å²) in [7, 11) is 3.82. The van der Waals surface area contributed by atoms with Crippen LogP contribution in [0.2, 0.25) is 0 Å². The summed E-state index contributed by atoms with van der Waals surface area (Å²) in [5, 5.41) is 14.1. The largest absolute Gasteiger partial charge is 0.507 e. The van der Waals surface area contributed by atoms with Crippen molar-refractivity contribution in [3.8, 4) is 5.75 Å². The molecule has 0 bridgehead atoms. The molecule has 4 aliphatic rings. The topological polar surface area (TPSA) is 147 Å². The van der Waals surface area contributed by atoms with Crippen LogP contribution in [0, 0.1) is 29.1 Å². The number of hydrogen-bond acceptors (Lipinski definition) is 8. The number of carbonyl (C=O) groups is 5. The number of phenolic OH excluding ortho intramolecular Hbond substituents is 1. The van der Waals surface area contributed by atoms with Gasteiger partial charge in [0.05, 0.1) is 17.4 Å². The van der Waals surface area contributed by atoms with E-state index >= 15 is 0 Å². The Bertz CT molecular complexity index is 1320. The lowest BCUT2D eigenvalue weighted by Crippen LogP contribution is -2.62. The number of nitrogens with zero attached hydrogens (tertiary/aromatic N) is 1. The van der Waals surface area contributed by atoms with E-state index in [-0.39, 0.29) is 36.2 Å². The molecule has 7 unspecified atom stereocenters. The number of rotatable bonds is 5. The lowest BCUT2D eigenvalue weighted by molar-refractivity contribution is -0.157. The van der Waals surface area contributed by atoms with E-state index in [2.05, 4.69) is 10.2 Å². The average molecular weight is 536 g/mol. The highest BCUT2D eigenvalue weighted by molar-refractivity contribution is 6.28. The van der Waals surface area contributed by atoms with Crippen LogP contribution in [0.5, 0.6) is 5.75 Å². The summed E-state index contributed by atoms with van der Waals surface area (Å²) in [5.74, 6) is -8.25. The molecule has 0 radical (unpaired) electrons. The van der Waals surface area contributed by atoms with Crippen LogP contribution < -0.4 is 11.1 Å². The summed E-state index contributed by atoms with van der Waals surface area (Å²) in [6, 6.07) is 3.65. The number of carbonyl (C=O) groups excluding carboxylic acids is 5. The molecular formula is C30H37N3O6. The Morgan fingerprint density at radius 1 is 1.23 bits per heavy atom. The number of likely N-dealkylation sites (N-methyl/N-ethyl adjacent to an activating group) is 1. The summed E-state index contributed by atoms with van der Waals surface area (Å²) < 4.78 is 0. The second-order valence-corrected chi connectivity index (χ2v) is 12.0. The van der Waals surface area contributed by atoms with Crippen LogP contribution in [-0.2, 0) is 25.6 Å². The third kappa shape index (κ3) is 4.17. The molecule has 1 aromatic rings. The number of amides is 1. The minimum atomic E-state index is -1.69. The van der Waals surface area contributed by atoms with Crippen LogP contribution in [0.1, 0.15) is 67.1 Å². The van der Waals surface area contributed by atoms with Gasteiger partial charge in [0.15, 0.2) is 29.1 Å². The standard InChI is InChI=1S/C30H37N3O6/c1-14(8-15(2)32-3)30-12-18-10-17-9-16(19-6-5-7-33(19)4)11-20(34)22(17)26(36)23(18)27(37)25(30)28(38)24(29(31)39)21(35)13-30/h8-9,11,15,18-19,23-25,32,34H,5-7,10,12-13H2,1-4H3,(H2,31,39). The van der Waals surface area contributed by atoms with E-state index < -0.39 is 58.1 Å². The normalized spacial score (nSPS) is 33.9. The van der Waals surface area contributed by atoms with E-state index in [4.69, 9.17) is 5.73 Å². The van der Waals surface area contributed by atoms with Gasteiger partial charge in [-0.2, -0.15) is 0 Å². The number of Topliss-reactive ketones (excluding diaryl/α,β-unsaturated/α-hetero) is 4. The van der Waals surface area contributed by atoms with Crippen LogP contribution in [0.25, 0.3) is 0 Å². The summed E-state index contributed by atoms with van der Waals surface area (Å²) >= 11 is 0. The Hall–Kier alpha value is -3.17. The number of hydrogen-bond donors (Lipinski definition) is 3. The Morgan fingerprint density at radius 3 is 2.56 bits per heavy atom. The summed E-state index contributed by atoms with van der Waals surface area (Å²) in [6.45, 7) is 4.69. The highest BCUT2D eigenvalue weighted by atomic mass is 16.3. The fourth-order valence-corrected chi connectivity index (χ4v) is 7.81. The van der Waals surface area contributed by atoms with Crippen molar-refractivity contribution in [3.63, 3.8) is 0 Å². The molecule has 2 saturated carbocycles. The predicted octanol–water partition coefficient (Wildman–Crippen LogP) is 1.90. The molecule has 3 fully saturated rings. The molecule has 0 spiro atoms.